The quantitative estimate of drug-likeness (QED) is 0.837. The lowest BCUT2D eigenvalue weighted by molar-refractivity contribution is 0.0186. The van der Waals surface area contributed by atoms with Crippen molar-refractivity contribution >= 4 is 0 Å². The van der Waals surface area contributed by atoms with E-state index in [4.69, 9.17) is 0 Å². The van der Waals surface area contributed by atoms with Gasteiger partial charge in [0.1, 0.15) is 0 Å². The van der Waals surface area contributed by atoms with Crippen molar-refractivity contribution in [2.75, 3.05) is 19.6 Å². The van der Waals surface area contributed by atoms with Gasteiger partial charge in [-0.05, 0) is 57.3 Å². The second kappa shape index (κ2) is 6.97. The lowest BCUT2D eigenvalue weighted by Crippen LogP contribution is -2.59. The number of likely N-dealkylation sites (tertiary alicyclic amines) is 1. The number of fused-ring (bicyclic) bond motifs is 2. The minimum absolute atomic E-state index is 0.0538. The van der Waals surface area contributed by atoms with E-state index >= 15 is 0 Å². The van der Waals surface area contributed by atoms with E-state index in [9.17, 15) is 5.11 Å². The number of nitrogens with zero attached hydrogens (tertiary/aromatic N) is 1. The summed E-state index contributed by atoms with van der Waals surface area (Å²) >= 11 is 0. The Morgan fingerprint density at radius 1 is 1.00 bits per heavy atom. The molecule has 3 aliphatic rings. The summed E-state index contributed by atoms with van der Waals surface area (Å²) < 4.78 is 0. The van der Waals surface area contributed by atoms with Crippen LogP contribution in [0.1, 0.15) is 58.8 Å². The van der Waals surface area contributed by atoms with E-state index in [2.05, 4.69) is 24.1 Å². The molecule has 0 aromatic heterocycles. The highest BCUT2D eigenvalue weighted by atomic mass is 16.3. The molecule has 0 spiro atoms. The molecule has 3 rings (SSSR count). The van der Waals surface area contributed by atoms with E-state index in [1.807, 2.05) is 0 Å². The summed E-state index contributed by atoms with van der Waals surface area (Å²) in [5.41, 5.74) is 0. The monoisotopic (exact) mass is 294 g/mol. The summed E-state index contributed by atoms with van der Waals surface area (Å²) in [5.74, 6) is 2.17. The van der Waals surface area contributed by atoms with Crippen LogP contribution in [0.25, 0.3) is 0 Å². The molecule has 0 radical (unpaired) electrons. The van der Waals surface area contributed by atoms with Gasteiger partial charge in [0.2, 0.25) is 0 Å². The van der Waals surface area contributed by atoms with E-state index in [0.717, 1.165) is 24.8 Å². The third-order valence-corrected chi connectivity index (χ3v) is 6.32. The van der Waals surface area contributed by atoms with Crippen molar-refractivity contribution < 1.29 is 5.11 Å². The van der Waals surface area contributed by atoms with E-state index in [1.165, 1.54) is 51.6 Å². The molecule has 21 heavy (non-hydrogen) atoms. The van der Waals surface area contributed by atoms with Crippen LogP contribution in [0.5, 0.6) is 0 Å². The van der Waals surface area contributed by atoms with E-state index in [1.54, 1.807) is 0 Å². The average Bonchev–Trinajstić information content (AvgIpc) is 2.45. The van der Waals surface area contributed by atoms with Crippen LogP contribution in [0, 0.1) is 17.8 Å². The maximum Gasteiger partial charge on any atom is 0.0580 e. The molecule has 1 heterocycles. The van der Waals surface area contributed by atoms with Gasteiger partial charge in [-0.3, -0.25) is 0 Å². The molecular weight excluding hydrogens is 260 g/mol. The zero-order valence-corrected chi connectivity index (χ0v) is 13.9. The molecule has 3 nitrogen and oxygen atoms in total. The fraction of sp³-hybridized carbons (Fsp3) is 1.00. The Morgan fingerprint density at radius 3 is 2.29 bits per heavy atom. The number of aliphatic hydroxyl groups excluding tert-OH is 1. The fourth-order valence-electron chi connectivity index (χ4n) is 4.94. The summed E-state index contributed by atoms with van der Waals surface area (Å²) in [6, 6.07) is 1.40. The first-order chi connectivity index (χ1) is 10.1. The van der Waals surface area contributed by atoms with Gasteiger partial charge in [0.15, 0.2) is 0 Å². The first-order valence-corrected chi connectivity index (χ1v) is 9.30. The Bertz CT molecular complexity index is 319. The Kier molecular flexibility index (Phi) is 5.23. The minimum atomic E-state index is -0.0538. The zero-order chi connectivity index (χ0) is 14.8. The normalized spacial score (nSPS) is 41.4. The molecule has 0 aromatic rings. The zero-order valence-electron chi connectivity index (χ0n) is 13.9. The molecule has 4 unspecified atom stereocenters. The highest BCUT2D eigenvalue weighted by molar-refractivity contribution is 4.96. The Morgan fingerprint density at radius 2 is 1.67 bits per heavy atom. The first kappa shape index (κ1) is 15.8. The Balaban J connectivity index is 1.55. The molecule has 0 amide bonds. The van der Waals surface area contributed by atoms with Gasteiger partial charge in [0.05, 0.1) is 6.10 Å². The Hall–Kier alpha value is -0.120. The maximum absolute atomic E-state index is 10.2. The fourth-order valence-corrected chi connectivity index (χ4v) is 4.94. The Labute approximate surface area is 130 Å². The smallest absolute Gasteiger partial charge is 0.0580 e. The molecule has 2 saturated carbocycles. The number of nitrogens with one attached hydrogen (secondary N) is 1. The van der Waals surface area contributed by atoms with Gasteiger partial charge < -0.3 is 15.3 Å². The topological polar surface area (TPSA) is 35.5 Å². The van der Waals surface area contributed by atoms with Crippen molar-refractivity contribution in [3.63, 3.8) is 0 Å². The lowest BCUT2D eigenvalue weighted by atomic mass is 9.73. The van der Waals surface area contributed by atoms with Gasteiger partial charge in [-0.2, -0.15) is 0 Å². The SMILES string of the molecule is CC(C)N1CC2CCCC(C1)C2NCC1CCCCC1O. The van der Waals surface area contributed by atoms with Gasteiger partial charge in [-0.25, -0.2) is 0 Å². The van der Waals surface area contributed by atoms with Crippen LogP contribution < -0.4 is 5.32 Å². The average molecular weight is 294 g/mol. The van der Waals surface area contributed by atoms with Crippen LogP contribution in [0.15, 0.2) is 0 Å². The van der Waals surface area contributed by atoms with Gasteiger partial charge in [-0.1, -0.05) is 19.3 Å². The second-order valence-electron chi connectivity index (χ2n) is 8.04. The van der Waals surface area contributed by atoms with Gasteiger partial charge in [0.25, 0.3) is 0 Å². The van der Waals surface area contributed by atoms with Crippen LogP contribution in [-0.2, 0) is 0 Å². The van der Waals surface area contributed by atoms with Crippen molar-refractivity contribution in [1.29, 1.82) is 0 Å². The summed E-state index contributed by atoms with van der Waals surface area (Å²) in [4.78, 5) is 2.68. The van der Waals surface area contributed by atoms with E-state index in [0.29, 0.717) is 18.0 Å². The molecule has 4 atom stereocenters. The van der Waals surface area contributed by atoms with Gasteiger partial charge in [0, 0.05) is 31.7 Å². The van der Waals surface area contributed by atoms with Crippen molar-refractivity contribution in [3.8, 4) is 0 Å². The van der Waals surface area contributed by atoms with Crippen molar-refractivity contribution in [1.82, 2.24) is 10.2 Å². The molecule has 122 valence electrons. The van der Waals surface area contributed by atoms with Crippen LogP contribution in [-0.4, -0.2) is 47.8 Å². The summed E-state index contributed by atoms with van der Waals surface area (Å²) in [6.07, 6.45) is 8.92. The molecular formula is C18H34N2O. The van der Waals surface area contributed by atoms with E-state index in [-0.39, 0.29) is 6.10 Å². The molecule has 1 saturated heterocycles. The molecule has 3 heteroatoms. The summed E-state index contributed by atoms with van der Waals surface area (Å²) in [7, 11) is 0. The van der Waals surface area contributed by atoms with Crippen molar-refractivity contribution in [3.05, 3.63) is 0 Å². The third kappa shape index (κ3) is 3.62. The largest absolute Gasteiger partial charge is 0.393 e. The molecule has 1 aliphatic heterocycles. The number of aliphatic hydroxyl groups is 1. The number of piperidine rings is 1. The van der Waals surface area contributed by atoms with Gasteiger partial charge in [-0.15, -0.1) is 0 Å². The minimum Gasteiger partial charge on any atom is -0.393 e. The summed E-state index contributed by atoms with van der Waals surface area (Å²) in [5, 5.41) is 14.1. The third-order valence-electron chi connectivity index (χ3n) is 6.32. The maximum atomic E-state index is 10.2. The predicted molar refractivity (Wildman–Crippen MR) is 87.3 cm³/mol. The molecule has 2 aliphatic carbocycles. The molecule has 2 N–H and O–H groups in total. The summed E-state index contributed by atoms with van der Waals surface area (Å²) in [6.45, 7) is 8.27. The predicted octanol–water partition coefficient (Wildman–Crippen LogP) is 2.64. The van der Waals surface area contributed by atoms with Gasteiger partial charge >= 0.3 is 0 Å². The van der Waals surface area contributed by atoms with Crippen LogP contribution in [0.2, 0.25) is 0 Å². The highest BCUT2D eigenvalue weighted by Crippen LogP contribution is 2.36. The molecule has 2 bridgehead atoms. The van der Waals surface area contributed by atoms with Crippen LogP contribution in [0.4, 0.5) is 0 Å². The highest BCUT2D eigenvalue weighted by Gasteiger charge is 2.40. The lowest BCUT2D eigenvalue weighted by Gasteiger charge is -2.49. The van der Waals surface area contributed by atoms with Crippen molar-refractivity contribution in [2.45, 2.75) is 77.0 Å². The second-order valence-corrected chi connectivity index (χ2v) is 8.04. The van der Waals surface area contributed by atoms with E-state index < -0.39 is 0 Å². The first-order valence-electron chi connectivity index (χ1n) is 9.30. The van der Waals surface area contributed by atoms with Crippen LogP contribution in [0.3, 0.4) is 0 Å². The van der Waals surface area contributed by atoms with Crippen LogP contribution >= 0.6 is 0 Å². The number of rotatable bonds is 4. The number of hydrogen-bond acceptors (Lipinski definition) is 3. The molecule has 3 fully saturated rings. The van der Waals surface area contributed by atoms with Crippen molar-refractivity contribution in [2.24, 2.45) is 17.8 Å². The molecule has 0 aromatic carbocycles. The standard InChI is InChI=1S/C18H34N2O/c1-13(2)20-11-15-7-5-8-16(12-20)18(15)19-10-14-6-3-4-9-17(14)21/h13-19,21H,3-12H2,1-2H3. The number of hydrogen-bond donors (Lipinski definition) is 2.